The highest BCUT2D eigenvalue weighted by atomic mass is 79.9. The first-order valence-corrected chi connectivity index (χ1v) is 35.9. The lowest BCUT2D eigenvalue weighted by molar-refractivity contribution is -0.141. The summed E-state index contributed by atoms with van der Waals surface area (Å²) >= 11 is 5.22. The Kier molecular flexibility index (Phi) is 22.6. The first-order chi connectivity index (χ1) is 49.5. The van der Waals surface area contributed by atoms with Gasteiger partial charge in [-0.1, -0.05) is 186 Å². The average Bonchev–Trinajstić information content (AvgIpc) is 1.59. The molecule has 1 fully saturated rings. The summed E-state index contributed by atoms with van der Waals surface area (Å²) in [6, 6.07) is 76.2. The number of halogens is 9. The molecule has 12 aromatic rings. The van der Waals surface area contributed by atoms with E-state index in [9.17, 15) is 39.9 Å². The fraction of sp³-hybridized carbons (Fsp3) is 0.178. The maximum Gasteiger partial charge on any atom is 0.435 e. The summed E-state index contributed by atoms with van der Waals surface area (Å²) < 4.78 is 107. The molecule has 4 aliphatic carbocycles. The van der Waals surface area contributed by atoms with Gasteiger partial charge in [-0.2, -0.15) is 18.3 Å². The predicted molar refractivity (Wildman–Crippen MR) is 408 cm³/mol. The van der Waals surface area contributed by atoms with Crippen molar-refractivity contribution in [2.24, 2.45) is 5.41 Å². The summed E-state index contributed by atoms with van der Waals surface area (Å²) in [4.78, 5) is 13.3. The fourth-order valence-corrected chi connectivity index (χ4v) is 14.9. The molecule has 16 rings (SSSR count). The normalized spacial score (nSPS) is 14.3. The van der Waals surface area contributed by atoms with Crippen LogP contribution >= 0.6 is 27.3 Å². The Hall–Kier alpha value is -10.1. The lowest BCUT2D eigenvalue weighted by Gasteiger charge is -2.09. The van der Waals surface area contributed by atoms with E-state index in [1.807, 2.05) is 74.5 Å². The van der Waals surface area contributed by atoms with Crippen LogP contribution in [0.5, 0.6) is 0 Å². The summed E-state index contributed by atoms with van der Waals surface area (Å²) in [5.41, 5.74) is 24.5. The number of rotatable bonds is 10. The van der Waals surface area contributed by atoms with Gasteiger partial charge in [0.1, 0.15) is 29.1 Å². The molecule has 13 heteroatoms. The number of allylic oxidation sites excluding steroid dienone is 6. The van der Waals surface area contributed by atoms with E-state index in [1.54, 1.807) is 72.0 Å². The molecule has 2 aromatic heterocycles. The number of thiophene rings is 1. The number of ketones is 1. The van der Waals surface area contributed by atoms with Gasteiger partial charge < -0.3 is 0 Å². The number of carbonyl (C=O) groups excluding carboxylic acids is 1. The highest BCUT2D eigenvalue weighted by Crippen LogP contribution is 2.63. The van der Waals surface area contributed by atoms with E-state index in [0.29, 0.717) is 23.1 Å². The first-order valence-electron chi connectivity index (χ1n) is 34.3. The van der Waals surface area contributed by atoms with Crippen molar-refractivity contribution in [3.63, 3.8) is 0 Å². The Morgan fingerprint density at radius 2 is 0.728 bits per heavy atom. The fourth-order valence-electron chi connectivity index (χ4n) is 13.3. The Morgan fingerprint density at radius 3 is 1.13 bits per heavy atom. The molecule has 1 saturated carbocycles. The zero-order chi connectivity index (χ0) is 72.5. The molecule has 2 heterocycles. The molecule has 0 aliphatic heterocycles. The molecule has 103 heavy (non-hydrogen) atoms. The summed E-state index contributed by atoms with van der Waals surface area (Å²) in [7, 11) is 0. The van der Waals surface area contributed by atoms with E-state index < -0.39 is 17.7 Å². The molecule has 0 N–H and O–H groups in total. The lowest BCUT2D eigenvalue weighted by Crippen LogP contribution is -2.07. The van der Waals surface area contributed by atoms with Gasteiger partial charge in [0.15, 0.2) is 11.5 Å². The van der Waals surface area contributed by atoms with Crippen LogP contribution < -0.4 is 0 Å². The number of aromatic nitrogens is 2. The third-order valence-electron chi connectivity index (χ3n) is 19.1. The maximum atomic E-state index is 13.2. The number of aryl methyl sites for hydroxylation is 5. The molecular formula is C90H75BrF8N2OS. The van der Waals surface area contributed by atoms with E-state index in [1.165, 1.54) is 151 Å². The van der Waals surface area contributed by atoms with Crippen molar-refractivity contribution in [1.29, 1.82) is 0 Å². The second-order valence-corrected chi connectivity index (χ2v) is 29.3. The zero-order valence-electron chi connectivity index (χ0n) is 57.7. The number of nitrogens with zero attached hydrogens (tertiary/aromatic N) is 2. The van der Waals surface area contributed by atoms with Crippen LogP contribution in [0.25, 0.3) is 72.0 Å². The van der Waals surface area contributed by atoms with E-state index in [2.05, 4.69) is 121 Å². The number of Topliss-reactive ketones (excluding diaryl/α,β-unsaturated/α-hetero) is 1. The largest absolute Gasteiger partial charge is 0.435 e. The monoisotopic (exact) mass is 1460 g/mol. The summed E-state index contributed by atoms with van der Waals surface area (Å²) in [6.07, 6.45) is 5.17. The van der Waals surface area contributed by atoms with Gasteiger partial charge in [-0.25, -0.2) is 26.6 Å². The quantitative estimate of drug-likeness (QED) is 0.128. The van der Waals surface area contributed by atoms with E-state index in [-0.39, 0.29) is 34.7 Å². The molecule has 10 aromatic carbocycles. The maximum absolute atomic E-state index is 13.2. The number of carbonyl (C=O) groups is 1. The zero-order valence-corrected chi connectivity index (χ0v) is 60.1. The van der Waals surface area contributed by atoms with Gasteiger partial charge >= 0.3 is 6.18 Å². The van der Waals surface area contributed by atoms with Crippen LogP contribution in [0.15, 0.2) is 259 Å². The van der Waals surface area contributed by atoms with Crippen molar-refractivity contribution >= 4 is 66.5 Å². The number of alkyl halides is 3. The Morgan fingerprint density at radius 1 is 0.388 bits per heavy atom. The van der Waals surface area contributed by atoms with Gasteiger partial charge in [0.2, 0.25) is 0 Å². The second kappa shape index (κ2) is 32.1. The topological polar surface area (TPSA) is 34.9 Å². The van der Waals surface area contributed by atoms with Crippen LogP contribution in [0.3, 0.4) is 0 Å². The van der Waals surface area contributed by atoms with Crippen molar-refractivity contribution in [2.75, 3.05) is 0 Å². The smallest absolute Gasteiger partial charge is 0.294 e. The molecule has 0 saturated heterocycles. The molecule has 0 bridgehead atoms. The average molecular weight is 1460 g/mol. The summed E-state index contributed by atoms with van der Waals surface area (Å²) in [6.45, 7) is 10.2. The van der Waals surface area contributed by atoms with Gasteiger partial charge in [-0.15, -0.1) is 11.3 Å². The van der Waals surface area contributed by atoms with Crippen molar-refractivity contribution in [1.82, 2.24) is 9.78 Å². The molecule has 1 spiro atoms. The highest BCUT2D eigenvalue weighted by Gasteiger charge is 2.48. The number of benzene rings is 10. The molecule has 0 atom stereocenters. The van der Waals surface area contributed by atoms with E-state index >= 15 is 0 Å². The van der Waals surface area contributed by atoms with Crippen LogP contribution in [0.2, 0.25) is 0 Å². The van der Waals surface area contributed by atoms with Crippen LogP contribution in [-0.4, -0.2) is 15.6 Å². The summed E-state index contributed by atoms with van der Waals surface area (Å²) in [5.74, 6) is -1.12. The molecule has 0 unspecified atom stereocenters. The van der Waals surface area contributed by atoms with E-state index in [0.717, 1.165) is 79.4 Å². The minimum atomic E-state index is -4.55. The molecule has 3 nitrogen and oxygen atoms in total. The number of hydrogen-bond donors (Lipinski definition) is 0. The third kappa shape index (κ3) is 18.2. The van der Waals surface area contributed by atoms with Gasteiger partial charge in [-0.05, 0) is 277 Å². The van der Waals surface area contributed by atoms with Crippen molar-refractivity contribution in [2.45, 2.75) is 98.6 Å². The lowest BCUT2D eigenvalue weighted by atomic mass is 9.96. The highest BCUT2D eigenvalue weighted by molar-refractivity contribution is 9.11. The summed E-state index contributed by atoms with van der Waals surface area (Å²) in [5, 5.41) is 3.68. The van der Waals surface area contributed by atoms with Crippen LogP contribution in [-0.2, 0) is 11.0 Å². The Labute approximate surface area is 609 Å². The van der Waals surface area contributed by atoms with Crippen LogP contribution in [0.4, 0.5) is 35.1 Å². The van der Waals surface area contributed by atoms with Crippen molar-refractivity contribution in [3.8, 4) is 38.5 Å². The predicted octanol–water partition coefficient (Wildman–Crippen LogP) is 26.6. The van der Waals surface area contributed by atoms with Gasteiger partial charge in [0, 0.05) is 28.0 Å². The van der Waals surface area contributed by atoms with E-state index in [4.69, 9.17) is 0 Å². The van der Waals surface area contributed by atoms with Gasteiger partial charge in [0.05, 0.1) is 15.2 Å². The van der Waals surface area contributed by atoms with Crippen molar-refractivity contribution < 1.29 is 39.9 Å². The SMILES string of the molecule is Cc1ccc(-c2cc(Br)sc2-c2ccc(F)cc2)cc1.Cc1ccc(-n2nc(C(F)(F)F)cc2-c2ccc(F)cc2)cc1.Cc1ccc(C2=C(c3ccc(F)cc3)C(=O)CC2)cc1.Cc1ccc(C2=C(c3ccc(F)cc3)CC3(CC3)C2)cc1.Cc1ccc(C2=C(c3ccc(F)cc3)CCC2)cc1. The Bertz CT molecular complexity index is 4790. The molecule has 520 valence electrons. The Balaban J connectivity index is 0.000000121. The van der Waals surface area contributed by atoms with Crippen LogP contribution in [0, 0.1) is 69.1 Å². The second-order valence-electron chi connectivity index (χ2n) is 26.8. The molecule has 0 amide bonds. The molecule has 0 radical (unpaired) electrons. The number of hydrogen-bond acceptors (Lipinski definition) is 3. The minimum absolute atomic E-state index is 0.146. The van der Waals surface area contributed by atoms with Gasteiger partial charge in [0.25, 0.3) is 0 Å². The van der Waals surface area contributed by atoms with Gasteiger partial charge in [-0.3, -0.25) is 4.79 Å². The minimum Gasteiger partial charge on any atom is -0.294 e. The third-order valence-corrected chi connectivity index (χ3v) is 20.8. The first kappa shape index (κ1) is 72.7. The molecular weight excluding hydrogens is 1390 g/mol. The van der Waals surface area contributed by atoms with Crippen LogP contribution in [0.1, 0.15) is 125 Å². The molecule has 4 aliphatic rings. The standard InChI is InChI=1S/C20H19F.C18H15FO.C18H17F.C17H12BrFS.C17H12F4N2/c1-14-2-4-15(5-3-14)18-12-20(10-11-20)13-19(18)16-6-8-17(21)9-7-16;1-12-2-4-13(5-3-12)16-10-11-17(20)18(16)14-6-8-15(19)9-7-14;1-13-5-7-14(8-6-13)17-3-2-4-18(17)15-9-11-16(19)12-10-15;1-11-2-4-12(5-3-11)15-10-16(18)20-17(15)13-6-8-14(19)9-7-13;1-11-2-8-14(9-3-11)23-15(10-16(22-23)17(19,20)21)12-4-6-13(18)7-5-12/h2-9H,10-13H2,1H3;2-9H,10-11H2,1H3;5-12H,2-4H2,1H3;2-10H,1H3;2-10H,1H3. The van der Waals surface area contributed by atoms with Crippen molar-refractivity contribution in [3.05, 3.63) is 355 Å².